The maximum absolute atomic E-state index is 5.20. The van der Waals surface area contributed by atoms with Crippen LogP contribution >= 0.6 is 0 Å². The van der Waals surface area contributed by atoms with Gasteiger partial charge in [-0.15, -0.1) is 0 Å². The van der Waals surface area contributed by atoms with Crippen molar-refractivity contribution in [3.8, 4) is 33.6 Å². The van der Waals surface area contributed by atoms with Gasteiger partial charge in [0.15, 0.2) is 0 Å². The van der Waals surface area contributed by atoms with E-state index in [0.717, 1.165) is 88.2 Å². The minimum Gasteiger partial charge on any atom is -0.256 e. The van der Waals surface area contributed by atoms with Gasteiger partial charge in [0, 0.05) is 56.6 Å². The quantitative estimate of drug-likeness (QED) is 0.159. The summed E-state index contributed by atoms with van der Waals surface area (Å²) >= 11 is 0. The third-order valence-electron chi connectivity index (χ3n) is 8.41. The monoisotopic (exact) mass is 561 g/mol. The molecule has 0 N–H and O–H groups in total. The Morgan fingerprint density at radius 3 is 2.00 bits per heavy atom. The Hall–Kier alpha value is -6.07. The van der Waals surface area contributed by atoms with Gasteiger partial charge in [-0.25, -0.2) is 9.97 Å². The summed E-state index contributed by atoms with van der Waals surface area (Å²) in [7, 11) is 0. The third-order valence-corrected chi connectivity index (χ3v) is 8.41. The first-order valence-electron chi connectivity index (χ1n) is 14.6. The molecule has 0 aliphatic heterocycles. The van der Waals surface area contributed by atoms with Crippen LogP contribution in [-0.4, -0.2) is 24.9 Å². The van der Waals surface area contributed by atoms with Crippen LogP contribution in [0.2, 0.25) is 0 Å². The molecule has 0 unspecified atom stereocenters. The highest BCUT2D eigenvalue weighted by molar-refractivity contribution is 6.15. The molecular formula is C39H23N5. The fourth-order valence-corrected chi connectivity index (χ4v) is 6.31. The Labute approximate surface area is 252 Å². The molecule has 0 atom stereocenters. The summed E-state index contributed by atoms with van der Waals surface area (Å²) in [6, 6.07) is 41.7. The number of hydrogen-bond acceptors (Lipinski definition) is 5. The molecule has 0 spiro atoms. The van der Waals surface area contributed by atoms with Crippen molar-refractivity contribution in [3.63, 3.8) is 0 Å². The predicted molar refractivity (Wildman–Crippen MR) is 179 cm³/mol. The zero-order valence-corrected chi connectivity index (χ0v) is 23.5. The molecule has 0 bridgehead atoms. The van der Waals surface area contributed by atoms with Crippen LogP contribution in [-0.2, 0) is 0 Å². The zero-order chi connectivity index (χ0) is 29.0. The van der Waals surface area contributed by atoms with Crippen molar-refractivity contribution >= 4 is 54.5 Å². The molecule has 0 saturated carbocycles. The number of aromatic nitrogens is 5. The van der Waals surface area contributed by atoms with Gasteiger partial charge in [-0.3, -0.25) is 15.0 Å². The maximum Gasteiger partial charge on any atom is 0.0979 e. The minimum absolute atomic E-state index is 0.879. The lowest BCUT2D eigenvalue weighted by Gasteiger charge is -2.13. The summed E-state index contributed by atoms with van der Waals surface area (Å²) in [6.45, 7) is 0. The largest absolute Gasteiger partial charge is 0.256 e. The lowest BCUT2D eigenvalue weighted by Crippen LogP contribution is -1.94. The highest BCUT2D eigenvalue weighted by Gasteiger charge is 2.16. The van der Waals surface area contributed by atoms with Gasteiger partial charge in [-0.2, -0.15) is 0 Å². The van der Waals surface area contributed by atoms with Crippen LogP contribution in [0.3, 0.4) is 0 Å². The third kappa shape index (κ3) is 3.83. The number of nitrogens with zero attached hydrogens (tertiary/aromatic N) is 5. The average molecular weight is 562 g/mol. The van der Waals surface area contributed by atoms with Gasteiger partial charge >= 0.3 is 0 Å². The Balaban J connectivity index is 1.19. The second-order valence-corrected chi connectivity index (χ2v) is 10.9. The molecule has 4 aromatic carbocycles. The van der Waals surface area contributed by atoms with Crippen molar-refractivity contribution in [3.05, 3.63) is 140 Å². The van der Waals surface area contributed by atoms with Gasteiger partial charge in [-0.05, 0) is 47.5 Å². The van der Waals surface area contributed by atoms with Crippen LogP contribution < -0.4 is 0 Å². The fourth-order valence-electron chi connectivity index (χ4n) is 6.31. The summed E-state index contributed by atoms with van der Waals surface area (Å²) in [5.41, 5.74) is 10.7. The Bertz CT molecular complexity index is 2540. The van der Waals surface area contributed by atoms with Crippen LogP contribution in [0, 0.1) is 0 Å². The molecule has 9 rings (SSSR count). The Morgan fingerprint density at radius 2 is 1.11 bits per heavy atom. The molecule has 204 valence electrons. The lowest BCUT2D eigenvalue weighted by atomic mass is 9.97. The predicted octanol–water partition coefficient (Wildman–Crippen LogP) is 9.43. The lowest BCUT2D eigenvalue weighted by molar-refractivity contribution is 1.33. The number of fused-ring (bicyclic) bond motifs is 7. The molecule has 5 heterocycles. The van der Waals surface area contributed by atoms with E-state index in [9.17, 15) is 0 Å². The molecular weight excluding hydrogens is 538 g/mol. The van der Waals surface area contributed by atoms with Gasteiger partial charge in [0.2, 0.25) is 0 Å². The number of benzene rings is 4. The average Bonchev–Trinajstić information content (AvgIpc) is 3.10. The molecule has 0 aliphatic rings. The van der Waals surface area contributed by atoms with E-state index in [2.05, 4.69) is 107 Å². The first-order valence-corrected chi connectivity index (χ1v) is 14.6. The Kier molecular flexibility index (Phi) is 5.43. The minimum atomic E-state index is 0.879. The van der Waals surface area contributed by atoms with E-state index in [4.69, 9.17) is 15.0 Å². The second-order valence-electron chi connectivity index (χ2n) is 10.9. The van der Waals surface area contributed by atoms with Gasteiger partial charge < -0.3 is 0 Å². The van der Waals surface area contributed by atoms with Crippen molar-refractivity contribution < 1.29 is 0 Å². The number of rotatable bonds is 3. The van der Waals surface area contributed by atoms with E-state index < -0.39 is 0 Å². The highest BCUT2D eigenvalue weighted by atomic mass is 14.8. The van der Waals surface area contributed by atoms with E-state index in [1.54, 1.807) is 0 Å². The normalized spacial score (nSPS) is 11.6. The van der Waals surface area contributed by atoms with Crippen molar-refractivity contribution in [2.24, 2.45) is 0 Å². The summed E-state index contributed by atoms with van der Waals surface area (Å²) in [6.07, 6.45) is 5.53. The molecule has 5 aromatic heterocycles. The van der Waals surface area contributed by atoms with Gasteiger partial charge in [0.05, 0.1) is 39.0 Å². The fraction of sp³-hybridized carbons (Fsp3) is 0. The zero-order valence-electron chi connectivity index (χ0n) is 23.5. The van der Waals surface area contributed by atoms with Gasteiger partial charge in [0.1, 0.15) is 0 Å². The number of hydrogen-bond donors (Lipinski definition) is 0. The molecule has 44 heavy (non-hydrogen) atoms. The van der Waals surface area contributed by atoms with E-state index in [1.807, 2.05) is 42.9 Å². The number of pyridine rings is 5. The molecule has 9 aromatic rings. The molecule has 5 nitrogen and oxygen atoms in total. The SMILES string of the molecule is c1ccc(-c2c3ccccc3nc3c2ccc2ccc(-c4ccc(-c5ccnc6c5ccc5cccnc56)cc4)nc23)nc1. The van der Waals surface area contributed by atoms with Crippen molar-refractivity contribution in [1.82, 2.24) is 24.9 Å². The number of para-hydroxylation sites is 1. The van der Waals surface area contributed by atoms with E-state index in [1.165, 1.54) is 0 Å². The van der Waals surface area contributed by atoms with E-state index >= 15 is 0 Å². The summed E-state index contributed by atoms with van der Waals surface area (Å²) in [5, 5.41) is 5.35. The van der Waals surface area contributed by atoms with Crippen LogP contribution in [0.25, 0.3) is 88.2 Å². The smallest absolute Gasteiger partial charge is 0.0979 e. The highest BCUT2D eigenvalue weighted by Crippen LogP contribution is 2.37. The van der Waals surface area contributed by atoms with Crippen LogP contribution in [0.1, 0.15) is 0 Å². The van der Waals surface area contributed by atoms with Crippen LogP contribution in [0.15, 0.2) is 140 Å². The standard InChI is InChI=1S/C39H23N5/c1-2-8-33-30(7-1)35(34-9-3-4-21-40-34)31-18-15-27-16-19-32(43-37(27)39(31)44-33)25-12-10-24(11-13-25)28-20-23-42-38-29(28)17-14-26-6-5-22-41-36(26)38/h1-23H. The van der Waals surface area contributed by atoms with Crippen molar-refractivity contribution in [2.75, 3.05) is 0 Å². The Morgan fingerprint density at radius 1 is 0.364 bits per heavy atom. The van der Waals surface area contributed by atoms with E-state index in [0.29, 0.717) is 0 Å². The summed E-state index contributed by atoms with van der Waals surface area (Å²) < 4.78 is 0. The van der Waals surface area contributed by atoms with Crippen LogP contribution in [0.4, 0.5) is 0 Å². The second kappa shape index (κ2) is 9.75. The van der Waals surface area contributed by atoms with Gasteiger partial charge in [-0.1, -0.05) is 84.9 Å². The molecule has 0 amide bonds. The topological polar surface area (TPSA) is 64.5 Å². The molecule has 5 heteroatoms. The first-order chi connectivity index (χ1) is 21.8. The summed E-state index contributed by atoms with van der Waals surface area (Å²) in [4.78, 5) is 24.3. The molecule has 0 aliphatic carbocycles. The summed E-state index contributed by atoms with van der Waals surface area (Å²) in [5.74, 6) is 0. The molecule has 0 radical (unpaired) electrons. The maximum atomic E-state index is 5.20. The first kappa shape index (κ1) is 24.5. The molecule has 0 fully saturated rings. The van der Waals surface area contributed by atoms with Crippen LogP contribution in [0.5, 0.6) is 0 Å². The van der Waals surface area contributed by atoms with Crippen molar-refractivity contribution in [2.45, 2.75) is 0 Å². The van der Waals surface area contributed by atoms with Crippen molar-refractivity contribution in [1.29, 1.82) is 0 Å². The van der Waals surface area contributed by atoms with Gasteiger partial charge in [0.25, 0.3) is 0 Å². The molecule has 0 saturated heterocycles. The van der Waals surface area contributed by atoms with E-state index in [-0.39, 0.29) is 0 Å².